The van der Waals surface area contributed by atoms with Gasteiger partial charge in [-0.3, -0.25) is 4.79 Å². The Morgan fingerprint density at radius 3 is 2.46 bits per heavy atom. The third-order valence-corrected chi connectivity index (χ3v) is 6.63. The average molecular weight is 479 g/mol. The molecule has 1 aromatic carbocycles. The molecule has 0 aliphatic heterocycles. The van der Waals surface area contributed by atoms with E-state index in [1.165, 1.54) is 24.0 Å². The number of hydrogen-bond donors (Lipinski definition) is 1. The molecule has 35 heavy (non-hydrogen) atoms. The van der Waals surface area contributed by atoms with E-state index in [0.29, 0.717) is 6.61 Å². The summed E-state index contributed by atoms with van der Waals surface area (Å²) in [6.07, 6.45) is 9.36. The van der Waals surface area contributed by atoms with E-state index < -0.39 is 5.97 Å². The SMILES string of the molecule is C=C(C)/C(=C\C1=C(C)CCCC1(C)C)COc1ccc(C(CC(=O)O)c2nccn2C)cc1.CC. The summed E-state index contributed by atoms with van der Waals surface area (Å²) in [5.41, 5.74) is 6.02. The first kappa shape index (κ1) is 28.2. The van der Waals surface area contributed by atoms with Crippen LogP contribution in [0, 0.1) is 5.41 Å². The third-order valence-electron chi connectivity index (χ3n) is 6.63. The Morgan fingerprint density at radius 2 is 1.94 bits per heavy atom. The summed E-state index contributed by atoms with van der Waals surface area (Å²) in [5, 5.41) is 9.40. The number of carboxylic acids is 1. The minimum atomic E-state index is -0.852. The number of nitrogens with zero attached hydrogens (tertiary/aromatic N) is 2. The van der Waals surface area contributed by atoms with E-state index in [4.69, 9.17) is 4.74 Å². The van der Waals surface area contributed by atoms with Gasteiger partial charge in [0.15, 0.2) is 0 Å². The van der Waals surface area contributed by atoms with Crippen molar-refractivity contribution in [3.63, 3.8) is 0 Å². The molecule has 5 nitrogen and oxygen atoms in total. The van der Waals surface area contributed by atoms with Crippen LogP contribution < -0.4 is 4.74 Å². The molecule has 1 N–H and O–H groups in total. The van der Waals surface area contributed by atoms with Gasteiger partial charge in [0, 0.05) is 19.4 Å². The van der Waals surface area contributed by atoms with Crippen molar-refractivity contribution in [1.82, 2.24) is 9.55 Å². The Labute approximate surface area is 211 Å². The summed E-state index contributed by atoms with van der Waals surface area (Å²) < 4.78 is 7.98. The van der Waals surface area contributed by atoms with E-state index >= 15 is 0 Å². The van der Waals surface area contributed by atoms with Crippen LogP contribution in [0.5, 0.6) is 5.75 Å². The first-order valence-corrected chi connectivity index (χ1v) is 12.6. The van der Waals surface area contributed by atoms with Crippen LogP contribution in [0.1, 0.15) is 84.5 Å². The van der Waals surface area contributed by atoms with E-state index in [2.05, 4.69) is 38.4 Å². The topological polar surface area (TPSA) is 64.3 Å². The van der Waals surface area contributed by atoms with Gasteiger partial charge in [0.05, 0.1) is 12.3 Å². The zero-order valence-electron chi connectivity index (χ0n) is 22.5. The molecule has 0 saturated carbocycles. The first-order chi connectivity index (χ1) is 16.6. The van der Waals surface area contributed by atoms with Crippen molar-refractivity contribution in [3.8, 4) is 5.75 Å². The molecule has 0 fully saturated rings. The van der Waals surface area contributed by atoms with Gasteiger partial charge in [-0.2, -0.15) is 0 Å². The molecule has 190 valence electrons. The number of carbonyl (C=O) groups is 1. The smallest absolute Gasteiger partial charge is 0.304 e. The van der Waals surface area contributed by atoms with Crippen LogP contribution in [-0.2, 0) is 11.8 Å². The van der Waals surface area contributed by atoms with Crippen LogP contribution in [0.2, 0.25) is 0 Å². The van der Waals surface area contributed by atoms with Gasteiger partial charge in [-0.25, -0.2) is 4.98 Å². The molecule has 1 heterocycles. The normalized spacial score (nSPS) is 16.3. The standard InChI is InChI=1S/C28H36N2O3.C2H6/c1-19(2)22(16-25-20(3)8-7-13-28(25,4)5)18-33-23-11-9-21(10-12-23)24(17-26(31)32)27-29-14-15-30(27)6;1-2/h9-12,14-16,24H,1,7-8,13,17-18H2,2-6H3,(H,31,32);1-2H3/b22-16-;. The van der Waals surface area contributed by atoms with E-state index in [1.807, 2.05) is 62.8 Å². The number of allylic oxidation sites excluding steroid dienone is 3. The van der Waals surface area contributed by atoms with Gasteiger partial charge in [0.1, 0.15) is 18.2 Å². The lowest BCUT2D eigenvalue weighted by Gasteiger charge is -2.33. The Kier molecular flexibility index (Phi) is 10.1. The number of hydrogen-bond acceptors (Lipinski definition) is 3. The predicted molar refractivity (Wildman–Crippen MR) is 144 cm³/mol. The van der Waals surface area contributed by atoms with Crippen LogP contribution in [0.3, 0.4) is 0 Å². The summed E-state index contributed by atoms with van der Waals surface area (Å²) in [4.78, 5) is 15.8. The summed E-state index contributed by atoms with van der Waals surface area (Å²) in [6, 6.07) is 7.66. The van der Waals surface area contributed by atoms with Crippen molar-refractivity contribution < 1.29 is 14.6 Å². The van der Waals surface area contributed by atoms with Crippen LogP contribution in [0.4, 0.5) is 0 Å². The highest BCUT2D eigenvalue weighted by molar-refractivity contribution is 5.68. The minimum Gasteiger partial charge on any atom is -0.489 e. The maximum absolute atomic E-state index is 11.5. The second kappa shape index (κ2) is 12.6. The fraction of sp³-hybridized carbons (Fsp3) is 0.467. The molecule has 0 spiro atoms. The summed E-state index contributed by atoms with van der Waals surface area (Å²) >= 11 is 0. The molecule has 0 radical (unpaired) electrons. The van der Waals surface area contributed by atoms with Crippen LogP contribution in [-0.4, -0.2) is 27.2 Å². The molecule has 1 aliphatic rings. The van der Waals surface area contributed by atoms with Crippen molar-refractivity contribution in [3.05, 3.63) is 83.0 Å². The number of imidazole rings is 1. The second-order valence-corrected chi connectivity index (χ2v) is 9.79. The molecule has 0 saturated heterocycles. The number of rotatable bonds is 9. The molecule has 3 rings (SSSR count). The molecule has 2 aromatic rings. The summed E-state index contributed by atoms with van der Waals surface area (Å²) in [7, 11) is 1.88. The average Bonchev–Trinajstić information content (AvgIpc) is 3.23. The Balaban J connectivity index is 0.00000210. The number of aliphatic carboxylic acids is 1. The molecule has 1 unspecified atom stereocenters. The molecule has 0 bridgehead atoms. The number of aromatic nitrogens is 2. The third kappa shape index (κ3) is 7.45. The highest BCUT2D eigenvalue weighted by Gasteiger charge is 2.27. The Morgan fingerprint density at radius 1 is 1.29 bits per heavy atom. The zero-order valence-corrected chi connectivity index (χ0v) is 22.5. The summed E-state index contributed by atoms with van der Waals surface area (Å²) in [6.45, 7) is 17.5. The number of benzene rings is 1. The quantitative estimate of drug-likeness (QED) is 0.380. The van der Waals surface area contributed by atoms with Crippen LogP contribution >= 0.6 is 0 Å². The fourth-order valence-corrected chi connectivity index (χ4v) is 4.63. The first-order valence-electron chi connectivity index (χ1n) is 12.6. The molecule has 1 aliphatic carbocycles. The number of aryl methyl sites for hydroxylation is 1. The van der Waals surface area contributed by atoms with Gasteiger partial charge in [0.2, 0.25) is 0 Å². The van der Waals surface area contributed by atoms with Gasteiger partial charge in [-0.15, -0.1) is 0 Å². The van der Waals surface area contributed by atoms with E-state index in [1.54, 1.807) is 6.20 Å². The van der Waals surface area contributed by atoms with Crippen molar-refractivity contribution in [2.24, 2.45) is 12.5 Å². The van der Waals surface area contributed by atoms with Gasteiger partial charge >= 0.3 is 5.97 Å². The van der Waals surface area contributed by atoms with Crippen molar-refractivity contribution in [2.45, 2.75) is 73.1 Å². The summed E-state index contributed by atoms with van der Waals surface area (Å²) in [5.74, 6) is 0.311. The van der Waals surface area contributed by atoms with Gasteiger partial charge < -0.3 is 14.4 Å². The lowest BCUT2D eigenvalue weighted by atomic mass is 9.72. The predicted octanol–water partition coefficient (Wildman–Crippen LogP) is 7.46. The van der Waals surface area contributed by atoms with Crippen LogP contribution in [0.15, 0.2) is 71.6 Å². The van der Waals surface area contributed by atoms with E-state index in [9.17, 15) is 9.90 Å². The van der Waals surface area contributed by atoms with E-state index in [-0.39, 0.29) is 17.8 Å². The van der Waals surface area contributed by atoms with Gasteiger partial charge in [-0.05, 0) is 67.4 Å². The molecule has 0 amide bonds. The van der Waals surface area contributed by atoms with Gasteiger partial charge in [0.25, 0.3) is 0 Å². The Hall–Kier alpha value is -3.08. The second-order valence-electron chi connectivity index (χ2n) is 9.79. The maximum Gasteiger partial charge on any atom is 0.304 e. The number of ether oxygens (including phenoxy) is 1. The minimum absolute atomic E-state index is 0.0160. The number of carboxylic acid groups (broad SMARTS) is 1. The molecule has 1 atom stereocenters. The lowest BCUT2D eigenvalue weighted by Crippen LogP contribution is -2.20. The fourth-order valence-electron chi connectivity index (χ4n) is 4.63. The van der Waals surface area contributed by atoms with Gasteiger partial charge in [-0.1, -0.05) is 63.6 Å². The molecular formula is C30H42N2O3. The largest absolute Gasteiger partial charge is 0.489 e. The molecule has 5 heteroatoms. The molecular weight excluding hydrogens is 436 g/mol. The Bertz CT molecular complexity index is 1070. The molecule has 1 aromatic heterocycles. The van der Waals surface area contributed by atoms with E-state index in [0.717, 1.165) is 34.7 Å². The van der Waals surface area contributed by atoms with Crippen molar-refractivity contribution in [2.75, 3.05) is 6.61 Å². The highest BCUT2D eigenvalue weighted by Crippen LogP contribution is 2.41. The van der Waals surface area contributed by atoms with Crippen LogP contribution in [0.25, 0.3) is 0 Å². The highest BCUT2D eigenvalue weighted by atomic mass is 16.5. The van der Waals surface area contributed by atoms with Crippen molar-refractivity contribution in [1.29, 1.82) is 0 Å². The maximum atomic E-state index is 11.5. The van der Waals surface area contributed by atoms with Crippen molar-refractivity contribution >= 4 is 5.97 Å². The zero-order chi connectivity index (χ0) is 26.2. The lowest BCUT2D eigenvalue weighted by molar-refractivity contribution is -0.137. The monoisotopic (exact) mass is 478 g/mol.